The Kier molecular flexibility index (Phi) is 4.50. The Balaban J connectivity index is 2.21. The first-order valence-corrected chi connectivity index (χ1v) is 9.28. The second kappa shape index (κ2) is 5.66. The van der Waals surface area contributed by atoms with Crippen molar-refractivity contribution in [2.45, 2.75) is 57.6 Å². The van der Waals surface area contributed by atoms with Crippen LogP contribution in [-0.4, -0.2) is 32.5 Å². The summed E-state index contributed by atoms with van der Waals surface area (Å²) in [5.41, 5.74) is 0.0299. The molecule has 2 rings (SSSR count). The maximum Gasteiger partial charge on any atom is 0.494 e. The monoisotopic (exact) mass is 324 g/mol. The predicted octanol–water partition coefficient (Wildman–Crippen LogP) is 2.42. The lowest BCUT2D eigenvalue weighted by Crippen LogP contribution is -2.41. The molecular formula is C16H25BO4S. The number of sulfone groups is 1. The van der Waals surface area contributed by atoms with Gasteiger partial charge in [0.2, 0.25) is 0 Å². The molecule has 0 saturated carbocycles. The normalized spacial score (nSPS) is 20.6. The van der Waals surface area contributed by atoms with Gasteiger partial charge in [-0.15, -0.1) is 0 Å². The third-order valence-electron chi connectivity index (χ3n) is 4.32. The van der Waals surface area contributed by atoms with Crippen LogP contribution < -0.4 is 5.46 Å². The summed E-state index contributed by atoms with van der Waals surface area (Å²) in [6.07, 6.45) is 0. The molecule has 1 aliphatic heterocycles. The van der Waals surface area contributed by atoms with E-state index in [0.717, 1.165) is 5.46 Å². The summed E-state index contributed by atoms with van der Waals surface area (Å²) in [5.74, 6) is 0.260. The average Bonchev–Trinajstić information content (AvgIpc) is 2.57. The summed E-state index contributed by atoms with van der Waals surface area (Å²) in [6, 6.07) is 6.82. The van der Waals surface area contributed by atoms with Gasteiger partial charge in [0.15, 0.2) is 9.84 Å². The Morgan fingerprint density at radius 2 is 1.45 bits per heavy atom. The molecule has 0 bridgehead atoms. The van der Waals surface area contributed by atoms with Gasteiger partial charge >= 0.3 is 7.12 Å². The highest BCUT2D eigenvalue weighted by Crippen LogP contribution is 2.36. The van der Waals surface area contributed by atoms with Crippen LogP contribution in [-0.2, 0) is 19.1 Å². The Hall–Kier alpha value is -0.845. The fraction of sp³-hybridized carbons (Fsp3) is 0.625. The first-order chi connectivity index (χ1) is 9.95. The molecule has 0 radical (unpaired) electrons. The molecular weight excluding hydrogens is 299 g/mol. The molecule has 0 N–H and O–H groups in total. The van der Waals surface area contributed by atoms with Gasteiger partial charge in [0.1, 0.15) is 0 Å². The van der Waals surface area contributed by atoms with Crippen molar-refractivity contribution in [3.63, 3.8) is 0 Å². The van der Waals surface area contributed by atoms with E-state index in [-0.39, 0.29) is 11.7 Å². The second-order valence-electron chi connectivity index (χ2n) is 7.33. The molecule has 0 aromatic heterocycles. The van der Waals surface area contributed by atoms with Crippen LogP contribution in [0.4, 0.5) is 0 Å². The maximum absolute atomic E-state index is 12.2. The van der Waals surface area contributed by atoms with Crippen molar-refractivity contribution in [3.8, 4) is 0 Å². The topological polar surface area (TPSA) is 52.6 Å². The van der Waals surface area contributed by atoms with Gasteiger partial charge in [-0.05, 0) is 51.2 Å². The van der Waals surface area contributed by atoms with Crippen molar-refractivity contribution in [3.05, 3.63) is 24.3 Å². The highest BCUT2D eigenvalue weighted by atomic mass is 32.2. The van der Waals surface area contributed by atoms with Crippen LogP contribution in [0, 0.1) is 5.92 Å². The number of rotatable bonds is 4. The lowest BCUT2D eigenvalue weighted by atomic mass is 9.79. The first-order valence-electron chi connectivity index (χ1n) is 7.63. The lowest BCUT2D eigenvalue weighted by molar-refractivity contribution is 0.00578. The van der Waals surface area contributed by atoms with Crippen LogP contribution in [0.5, 0.6) is 0 Å². The Bertz CT molecular complexity index is 617. The minimum absolute atomic E-state index is 0.104. The van der Waals surface area contributed by atoms with Crippen molar-refractivity contribution < 1.29 is 17.7 Å². The molecule has 1 aliphatic rings. The van der Waals surface area contributed by atoms with E-state index in [1.54, 1.807) is 24.3 Å². The third-order valence-corrected chi connectivity index (χ3v) is 6.41. The van der Waals surface area contributed by atoms with Crippen molar-refractivity contribution >= 4 is 22.4 Å². The highest BCUT2D eigenvalue weighted by molar-refractivity contribution is 7.91. The van der Waals surface area contributed by atoms with Crippen LogP contribution in [0.25, 0.3) is 0 Å². The zero-order chi connectivity index (χ0) is 16.8. The van der Waals surface area contributed by atoms with Crippen molar-refractivity contribution in [2.75, 3.05) is 5.75 Å². The Morgan fingerprint density at radius 1 is 1.00 bits per heavy atom. The van der Waals surface area contributed by atoms with Crippen LogP contribution in [0.15, 0.2) is 29.2 Å². The van der Waals surface area contributed by atoms with Crippen molar-refractivity contribution in [2.24, 2.45) is 5.92 Å². The summed E-state index contributed by atoms with van der Waals surface area (Å²) >= 11 is 0. The van der Waals surface area contributed by atoms with Crippen LogP contribution in [0.1, 0.15) is 41.5 Å². The Morgan fingerprint density at radius 3 is 1.86 bits per heavy atom. The van der Waals surface area contributed by atoms with Gasteiger partial charge in [-0.3, -0.25) is 0 Å². The zero-order valence-corrected chi connectivity index (χ0v) is 15.0. The molecule has 1 fully saturated rings. The van der Waals surface area contributed by atoms with Gasteiger partial charge in [0.25, 0.3) is 0 Å². The fourth-order valence-corrected chi connectivity index (χ4v) is 3.97. The van der Waals surface area contributed by atoms with Gasteiger partial charge in [-0.1, -0.05) is 26.0 Å². The standard InChI is InChI=1S/C16H25BO4S/c1-12(2)11-22(18,19)14-9-7-13(8-10-14)17-20-15(3,4)16(5,6)21-17/h7-10,12H,11H2,1-6H3. The summed E-state index contributed by atoms with van der Waals surface area (Å²) in [6.45, 7) is 11.8. The number of hydrogen-bond acceptors (Lipinski definition) is 4. The molecule has 1 aromatic carbocycles. The van der Waals surface area contributed by atoms with E-state index in [4.69, 9.17) is 9.31 Å². The molecule has 6 heteroatoms. The van der Waals surface area contributed by atoms with Gasteiger partial charge < -0.3 is 9.31 Å². The quantitative estimate of drug-likeness (QED) is 0.798. The van der Waals surface area contributed by atoms with E-state index in [9.17, 15) is 8.42 Å². The largest absolute Gasteiger partial charge is 0.494 e. The minimum atomic E-state index is -3.23. The predicted molar refractivity (Wildman–Crippen MR) is 89.0 cm³/mol. The second-order valence-corrected chi connectivity index (χ2v) is 9.37. The highest BCUT2D eigenvalue weighted by Gasteiger charge is 2.51. The van der Waals surface area contributed by atoms with Gasteiger partial charge in [0.05, 0.1) is 21.9 Å². The molecule has 0 atom stereocenters. The molecule has 0 spiro atoms. The molecule has 0 aliphatic carbocycles. The van der Waals surface area contributed by atoms with E-state index in [1.165, 1.54) is 0 Å². The van der Waals surface area contributed by atoms with Crippen LogP contribution >= 0.6 is 0 Å². The molecule has 1 saturated heterocycles. The van der Waals surface area contributed by atoms with Crippen LogP contribution in [0.3, 0.4) is 0 Å². The zero-order valence-electron chi connectivity index (χ0n) is 14.2. The lowest BCUT2D eigenvalue weighted by Gasteiger charge is -2.32. The SMILES string of the molecule is CC(C)CS(=O)(=O)c1ccc(B2OC(C)(C)C(C)(C)O2)cc1. The van der Waals surface area contributed by atoms with Gasteiger partial charge in [-0.25, -0.2) is 8.42 Å². The van der Waals surface area contributed by atoms with Crippen LogP contribution in [0.2, 0.25) is 0 Å². The Labute approximate surface area is 134 Å². The van der Waals surface area contributed by atoms with E-state index < -0.39 is 28.2 Å². The fourth-order valence-electron chi connectivity index (χ4n) is 2.35. The summed E-state index contributed by atoms with van der Waals surface area (Å²) in [4.78, 5) is 0.349. The molecule has 122 valence electrons. The minimum Gasteiger partial charge on any atom is -0.399 e. The third kappa shape index (κ3) is 3.39. The smallest absolute Gasteiger partial charge is 0.399 e. The summed E-state index contributed by atoms with van der Waals surface area (Å²) < 4.78 is 36.4. The molecule has 1 heterocycles. The number of benzene rings is 1. The number of hydrogen-bond donors (Lipinski definition) is 0. The van der Waals surface area contributed by atoms with Crippen molar-refractivity contribution in [1.82, 2.24) is 0 Å². The molecule has 22 heavy (non-hydrogen) atoms. The summed E-state index contributed by atoms with van der Waals surface area (Å²) in [7, 11) is -3.69. The molecule has 0 unspecified atom stereocenters. The average molecular weight is 324 g/mol. The molecule has 0 amide bonds. The van der Waals surface area contributed by atoms with E-state index in [1.807, 2.05) is 41.5 Å². The molecule has 4 nitrogen and oxygen atoms in total. The summed E-state index contributed by atoms with van der Waals surface area (Å²) in [5, 5.41) is 0. The van der Waals surface area contributed by atoms with Crippen molar-refractivity contribution in [1.29, 1.82) is 0 Å². The first kappa shape index (κ1) is 17.5. The van der Waals surface area contributed by atoms with Gasteiger partial charge in [0, 0.05) is 0 Å². The van der Waals surface area contributed by atoms with E-state index in [2.05, 4.69) is 0 Å². The van der Waals surface area contributed by atoms with E-state index in [0.29, 0.717) is 4.90 Å². The van der Waals surface area contributed by atoms with E-state index >= 15 is 0 Å². The molecule has 1 aromatic rings. The van der Waals surface area contributed by atoms with Gasteiger partial charge in [-0.2, -0.15) is 0 Å². The maximum atomic E-state index is 12.2.